The lowest BCUT2D eigenvalue weighted by Crippen LogP contribution is -2.47. The summed E-state index contributed by atoms with van der Waals surface area (Å²) in [4.78, 5) is 14.3. The van der Waals surface area contributed by atoms with E-state index >= 15 is 0 Å². The highest BCUT2D eigenvalue weighted by molar-refractivity contribution is 7.90. The topological polar surface area (TPSA) is 57.7 Å². The quantitative estimate of drug-likeness (QED) is 0.727. The molecule has 1 spiro atoms. The van der Waals surface area contributed by atoms with Gasteiger partial charge >= 0.3 is 0 Å². The van der Waals surface area contributed by atoms with Crippen LogP contribution < -0.4 is 0 Å². The molecule has 0 unspecified atom stereocenters. The van der Waals surface area contributed by atoms with Crippen molar-refractivity contribution in [2.75, 3.05) is 26.2 Å². The predicted octanol–water partition coefficient (Wildman–Crippen LogP) is 0.979. The van der Waals surface area contributed by atoms with E-state index < -0.39 is 10.0 Å². The number of hydrogen-bond donors (Lipinski definition) is 0. The van der Waals surface area contributed by atoms with E-state index in [1.165, 1.54) is 0 Å². The Morgan fingerprint density at radius 2 is 1.80 bits per heavy atom. The molecule has 3 rings (SSSR count). The Morgan fingerprint density at radius 3 is 2.35 bits per heavy atom. The number of carbonyl (C=O) groups excluding carboxylic acids is 1. The molecular weight excluding hydrogens is 276 g/mol. The molecule has 3 fully saturated rings. The van der Waals surface area contributed by atoms with Crippen LogP contribution in [0.3, 0.4) is 0 Å². The Labute approximate surface area is 120 Å². The number of rotatable bonds is 4. The Balaban J connectivity index is 1.66. The van der Waals surface area contributed by atoms with E-state index in [0.717, 1.165) is 25.8 Å². The Kier molecular flexibility index (Phi) is 3.41. The van der Waals surface area contributed by atoms with Crippen LogP contribution in [0.15, 0.2) is 12.7 Å². The highest BCUT2D eigenvalue weighted by Crippen LogP contribution is 2.43. The first-order valence-electron chi connectivity index (χ1n) is 7.39. The molecule has 20 heavy (non-hydrogen) atoms. The zero-order valence-corrected chi connectivity index (χ0v) is 12.6. The van der Waals surface area contributed by atoms with Gasteiger partial charge in [0.05, 0.1) is 10.7 Å². The van der Waals surface area contributed by atoms with Gasteiger partial charge in [0.15, 0.2) is 0 Å². The highest BCUT2D eigenvalue weighted by Gasteiger charge is 2.50. The standard InChI is InChI=1S/C14H22N2O3S/c1-2-8-15-9-5-14(13(15)17)6-10-16(11-7-14)20(18,19)12-3-4-12/h2,12H,1,3-11H2. The molecule has 0 N–H and O–H groups in total. The maximum absolute atomic E-state index is 12.5. The lowest BCUT2D eigenvalue weighted by atomic mass is 9.77. The smallest absolute Gasteiger partial charge is 0.229 e. The van der Waals surface area contributed by atoms with Crippen molar-refractivity contribution in [3.8, 4) is 0 Å². The summed E-state index contributed by atoms with van der Waals surface area (Å²) in [7, 11) is -3.08. The van der Waals surface area contributed by atoms with Crippen LogP contribution in [0.4, 0.5) is 0 Å². The van der Waals surface area contributed by atoms with Crippen molar-refractivity contribution in [1.29, 1.82) is 0 Å². The summed E-state index contributed by atoms with van der Waals surface area (Å²) in [6.07, 6.45) is 5.56. The molecule has 0 aromatic rings. The second-order valence-electron chi connectivity index (χ2n) is 6.21. The molecule has 5 nitrogen and oxygen atoms in total. The molecule has 1 amide bonds. The van der Waals surface area contributed by atoms with Gasteiger partial charge in [0.2, 0.25) is 15.9 Å². The molecule has 2 aliphatic heterocycles. The zero-order valence-electron chi connectivity index (χ0n) is 11.8. The fourth-order valence-electron chi connectivity index (χ4n) is 3.43. The average molecular weight is 298 g/mol. The lowest BCUT2D eigenvalue weighted by Gasteiger charge is -2.37. The molecule has 0 aromatic carbocycles. The van der Waals surface area contributed by atoms with Gasteiger partial charge in [-0.05, 0) is 32.1 Å². The van der Waals surface area contributed by atoms with Gasteiger partial charge in [-0.1, -0.05) is 6.08 Å². The summed E-state index contributed by atoms with van der Waals surface area (Å²) in [5.74, 6) is 0.195. The second-order valence-corrected chi connectivity index (χ2v) is 8.43. The summed E-state index contributed by atoms with van der Waals surface area (Å²) in [6, 6.07) is 0. The van der Waals surface area contributed by atoms with Gasteiger partial charge in [0.25, 0.3) is 0 Å². The number of carbonyl (C=O) groups is 1. The highest BCUT2D eigenvalue weighted by atomic mass is 32.2. The second kappa shape index (κ2) is 4.84. The number of piperidine rings is 1. The third-order valence-electron chi connectivity index (χ3n) is 4.94. The van der Waals surface area contributed by atoms with Crippen molar-refractivity contribution in [3.05, 3.63) is 12.7 Å². The molecule has 1 aliphatic carbocycles. The van der Waals surface area contributed by atoms with Crippen molar-refractivity contribution in [2.24, 2.45) is 5.41 Å². The summed E-state index contributed by atoms with van der Waals surface area (Å²) in [5.41, 5.74) is -0.307. The Morgan fingerprint density at radius 1 is 1.20 bits per heavy atom. The van der Waals surface area contributed by atoms with E-state index in [9.17, 15) is 13.2 Å². The van der Waals surface area contributed by atoms with Crippen LogP contribution in [0.2, 0.25) is 0 Å². The van der Waals surface area contributed by atoms with Crippen LogP contribution in [0.25, 0.3) is 0 Å². The SMILES string of the molecule is C=CCN1CCC2(CCN(S(=O)(=O)C3CC3)CC2)C1=O. The molecule has 6 heteroatoms. The predicted molar refractivity (Wildman–Crippen MR) is 76.6 cm³/mol. The number of likely N-dealkylation sites (tertiary alicyclic amines) is 1. The van der Waals surface area contributed by atoms with Crippen LogP contribution in [0.5, 0.6) is 0 Å². The monoisotopic (exact) mass is 298 g/mol. The van der Waals surface area contributed by atoms with Crippen molar-refractivity contribution in [3.63, 3.8) is 0 Å². The minimum absolute atomic E-state index is 0.145. The number of amides is 1. The van der Waals surface area contributed by atoms with Crippen molar-refractivity contribution < 1.29 is 13.2 Å². The normalized spacial score (nSPS) is 27.2. The van der Waals surface area contributed by atoms with Crippen LogP contribution >= 0.6 is 0 Å². The number of hydrogen-bond acceptors (Lipinski definition) is 3. The van der Waals surface area contributed by atoms with Gasteiger partial charge in [-0.2, -0.15) is 0 Å². The number of sulfonamides is 1. The lowest BCUT2D eigenvalue weighted by molar-refractivity contribution is -0.137. The van der Waals surface area contributed by atoms with Crippen LogP contribution in [0, 0.1) is 5.41 Å². The maximum atomic E-state index is 12.5. The maximum Gasteiger partial charge on any atom is 0.229 e. The number of nitrogens with zero attached hydrogens (tertiary/aromatic N) is 2. The van der Waals surface area contributed by atoms with Crippen LogP contribution in [-0.4, -0.2) is 55.0 Å². The first-order chi connectivity index (χ1) is 9.49. The van der Waals surface area contributed by atoms with Crippen molar-refractivity contribution >= 4 is 15.9 Å². The molecule has 1 saturated carbocycles. The molecule has 0 radical (unpaired) electrons. The summed E-state index contributed by atoms with van der Waals surface area (Å²) in [6.45, 7) is 6.07. The summed E-state index contributed by atoms with van der Waals surface area (Å²) in [5, 5.41) is -0.145. The molecule has 2 saturated heterocycles. The summed E-state index contributed by atoms with van der Waals surface area (Å²) < 4.78 is 26.0. The van der Waals surface area contributed by atoms with Gasteiger partial charge < -0.3 is 4.90 Å². The minimum Gasteiger partial charge on any atom is -0.338 e. The van der Waals surface area contributed by atoms with Gasteiger partial charge in [-0.3, -0.25) is 4.79 Å². The molecule has 0 atom stereocenters. The van der Waals surface area contributed by atoms with E-state index in [1.54, 1.807) is 10.4 Å². The van der Waals surface area contributed by atoms with Gasteiger partial charge in [-0.25, -0.2) is 12.7 Å². The molecule has 112 valence electrons. The first kappa shape index (κ1) is 14.1. The fourth-order valence-corrected chi connectivity index (χ4v) is 5.28. The van der Waals surface area contributed by atoms with Crippen molar-refractivity contribution in [2.45, 2.75) is 37.4 Å². The van der Waals surface area contributed by atoms with Crippen LogP contribution in [0.1, 0.15) is 32.1 Å². The first-order valence-corrected chi connectivity index (χ1v) is 8.89. The zero-order chi connectivity index (χ0) is 14.4. The molecular formula is C14H22N2O3S. The van der Waals surface area contributed by atoms with E-state index in [4.69, 9.17) is 0 Å². The van der Waals surface area contributed by atoms with E-state index in [-0.39, 0.29) is 16.6 Å². The molecule has 2 heterocycles. The molecule has 3 aliphatic rings. The largest absolute Gasteiger partial charge is 0.338 e. The van der Waals surface area contributed by atoms with E-state index in [1.807, 2.05) is 4.90 Å². The summed E-state index contributed by atoms with van der Waals surface area (Å²) >= 11 is 0. The third kappa shape index (κ3) is 2.19. The van der Waals surface area contributed by atoms with E-state index in [0.29, 0.717) is 32.5 Å². The molecule has 0 bridgehead atoms. The average Bonchev–Trinajstić information content (AvgIpc) is 3.24. The minimum atomic E-state index is -3.08. The van der Waals surface area contributed by atoms with E-state index in [2.05, 4.69) is 6.58 Å². The Bertz CT molecular complexity index is 517. The third-order valence-corrected chi connectivity index (χ3v) is 7.33. The van der Waals surface area contributed by atoms with Gasteiger partial charge in [-0.15, -0.1) is 6.58 Å². The Hall–Kier alpha value is -0.880. The molecule has 0 aromatic heterocycles. The van der Waals surface area contributed by atoms with Crippen molar-refractivity contribution in [1.82, 2.24) is 9.21 Å². The van der Waals surface area contributed by atoms with Crippen LogP contribution in [-0.2, 0) is 14.8 Å². The fraction of sp³-hybridized carbons (Fsp3) is 0.786. The van der Waals surface area contributed by atoms with Gasteiger partial charge in [0.1, 0.15) is 0 Å². The van der Waals surface area contributed by atoms with Gasteiger partial charge in [0, 0.05) is 26.2 Å².